The first-order chi connectivity index (χ1) is 7.63. The summed E-state index contributed by atoms with van der Waals surface area (Å²) < 4.78 is 0. The second-order valence-corrected chi connectivity index (χ2v) is 5.35. The molecular formula is C15H23N. The molecule has 3 atom stereocenters. The van der Waals surface area contributed by atoms with Crippen LogP contribution < -0.4 is 5.32 Å². The summed E-state index contributed by atoms with van der Waals surface area (Å²) in [6, 6.07) is 9.53. The van der Waals surface area contributed by atoms with Crippen LogP contribution in [0.5, 0.6) is 0 Å². The van der Waals surface area contributed by atoms with Gasteiger partial charge in [-0.3, -0.25) is 0 Å². The minimum absolute atomic E-state index is 0.431. The Bertz CT molecular complexity index is 371. The molecule has 1 N–H and O–H groups in total. The van der Waals surface area contributed by atoms with Crippen LogP contribution in [0.25, 0.3) is 0 Å². The van der Waals surface area contributed by atoms with Crippen LogP contribution in [0.2, 0.25) is 0 Å². The van der Waals surface area contributed by atoms with Gasteiger partial charge in [0.15, 0.2) is 0 Å². The lowest BCUT2D eigenvalue weighted by Gasteiger charge is -2.55. The van der Waals surface area contributed by atoms with E-state index >= 15 is 0 Å². The molecule has 1 aliphatic carbocycles. The van der Waals surface area contributed by atoms with Gasteiger partial charge in [-0.2, -0.15) is 0 Å². The maximum absolute atomic E-state index is 3.46. The van der Waals surface area contributed by atoms with Crippen molar-refractivity contribution in [3.8, 4) is 0 Å². The Kier molecular flexibility index (Phi) is 3.07. The average Bonchev–Trinajstić information content (AvgIpc) is 2.29. The van der Waals surface area contributed by atoms with Gasteiger partial charge >= 0.3 is 0 Å². The summed E-state index contributed by atoms with van der Waals surface area (Å²) in [4.78, 5) is 0. The summed E-state index contributed by atoms with van der Waals surface area (Å²) in [5.74, 6) is 0.733. The van der Waals surface area contributed by atoms with E-state index in [0.29, 0.717) is 11.5 Å². The van der Waals surface area contributed by atoms with Gasteiger partial charge in [0.25, 0.3) is 0 Å². The number of hydrogen-bond acceptors (Lipinski definition) is 1. The molecule has 0 aliphatic heterocycles. The Balaban J connectivity index is 2.28. The predicted molar refractivity (Wildman–Crippen MR) is 69.8 cm³/mol. The molecule has 3 unspecified atom stereocenters. The summed E-state index contributed by atoms with van der Waals surface area (Å²) >= 11 is 0. The van der Waals surface area contributed by atoms with Gasteiger partial charge in [-0.25, -0.2) is 0 Å². The monoisotopic (exact) mass is 217 g/mol. The van der Waals surface area contributed by atoms with Gasteiger partial charge in [0.1, 0.15) is 0 Å². The molecule has 1 nitrogen and oxygen atoms in total. The third kappa shape index (κ3) is 1.58. The largest absolute Gasteiger partial charge is 0.316 e. The number of rotatable bonds is 3. The molecule has 1 fully saturated rings. The molecule has 0 amide bonds. The van der Waals surface area contributed by atoms with Crippen molar-refractivity contribution < 1.29 is 0 Å². The van der Waals surface area contributed by atoms with Crippen LogP contribution in [0.3, 0.4) is 0 Å². The molecule has 0 radical (unpaired) electrons. The Morgan fingerprint density at radius 1 is 1.38 bits per heavy atom. The first-order valence-corrected chi connectivity index (χ1v) is 6.36. The zero-order valence-corrected chi connectivity index (χ0v) is 10.9. The quantitative estimate of drug-likeness (QED) is 0.817. The summed E-state index contributed by atoms with van der Waals surface area (Å²) in [6.45, 7) is 6.97. The molecule has 0 saturated heterocycles. The zero-order valence-electron chi connectivity index (χ0n) is 10.9. The van der Waals surface area contributed by atoms with Gasteiger partial charge in [0.05, 0.1) is 0 Å². The zero-order chi connectivity index (χ0) is 11.8. The Hall–Kier alpha value is -0.820. The van der Waals surface area contributed by atoms with Crippen LogP contribution in [0.4, 0.5) is 0 Å². The fraction of sp³-hybridized carbons (Fsp3) is 0.600. The summed E-state index contributed by atoms with van der Waals surface area (Å²) in [7, 11) is 2.09. The molecule has 0 heterocycles. The highest BCUT2D eigenvalue weighted by Crippen LogP contribution is 2.55. The topological polar surface area (TPSA) is 12.0 Å². The predicted octanol–water partition coefficient (Wildman–Crippen LogP) is 3.49. The molecule has 0 spiro atoms. The van der Waals surface area contributed by atoms with Crippen LogP contribution in [0.15, 0.2) is 24.3 Å². The first kappa shape index (κ1) is 11.7. The molecule has 2 rings (SSSR count). The average molecular weight is 217 g/mol. The van der Waals surface area contributed by atoms with Gasteiger partial charge in [-0.05, 0) is 49.3 Å². The van der Waals surface area contributed by atoms with Crippen molar-refractivity contribution in [2.45, 2.75) is 45.6 Å². The van der Waals surface area contributed by atoms with Crippen molar-refractivity contribution in [1.82, 2.24) is 5.32 Å². The van der Waals surface area contributed by atoms with E-state index in [-0.39, 0.29) is 0 Å². The molecular weight excluding hydrogens is 194 g/mol. The lowest BCUT2D eigenvalue weighted by Crippen LogP contribution is -2.55. The lowest BCUT2D eigenvalue weighted by atomic mass is 9.53. The third-order valence-corrected chi connectivity index (χ3v) is 4.74. The number of nitrogens with one attached hydrogen (secondary N) is 1. The van der Waals surface area contributed by atoms with Crippen molar-refractivity contribution in [3.05, 3.63) is 35.4 Å². The van der Waals surface area contributed by atoms with Gasteiger partial charge < -0.3 is 5.32 Å². The molecule has 1 aliphatic rings. The van der Waals surface area contributed by atoms with Crippen LogP contribution >= 0.6 is 0 Å². The first-order valence-electron chi connectivity index (χ1n) is 6.36. The van der Waals surface area contributed by atoms with E-state index in [0.717, 1.165) is 5.92 Å². The minimum atomic E-state index is 0.431. The van der Waals surface area contributed by atoms with E-state index < -0.39 is 0 Å². The molecule has 1 aromatic rings. The lowest BCUT2D eigenvalue weighted by molar-refractivity contribution is 0.0491. The highest BCUT2D eigenvalue weighted by Gasteiger charge is 2.50. The molecule has 1 saturated carbocycles. The fourth-order valence-electron chi connectivity index (χ4n) is 3.26. The summed E-state index contributed by atoms with van der Waals surface area (Å²) in [5.41, 5.74) is 3.43. The molecule has 0 aromatic heterocycles. The van der Waals surface area contributed by atoms with E-state index in [1.165, 1.54) is 18.4 Å². The smallest absolute Gasteiger partial charge is 0.0130 e. The Morgan fingerprint density at radius 3 is 2.62 bits per heavy atom. The van der Waals surface area contributed by atoms with Crippen LogP contribution in [0, 0.1) is 12.3 Å². The van der Waals surface area contributed by atoms with Crippen LogP contribution in [0.1, 0.15) is 43.7 Å². The van der Waals surface area contributed by atoms with E-state index in [1.54, 1.807) is 5.56 Å². The highest BCUT2D eigenvalue weighted by molar-refractivity contribution is 5.34. The standard InChI is InChI=1S/C15H23N/c1-5-15(3)13(10-14(15)16-4)12-9-7-6-8-11(12)2/h6-9,13-14,16H,5,10H2,1-4H3. The van der Waals surface area contributed by atoms with Crippen LogP contribution in [-0.4, -0.2) is 13.1 Å². The fourth-order valence-corrected chi connectivity index (χ4v) is 3.26. The third-order valence-electron chi connectivity index (χ3n) is 4.74. The maximum atomic E-state index is 3.46. The van der Waals surface area contributed by atoms with E-state index in [2.05, 4.69) is 57.4 Å². The van der Waals surface area contributed by atoms with Gasteiger partial charge in [-0.15, -0.1) is 0 Å². The van der Waals surface area contributed by atoms with Crippen molar-refractivity contribution in [3.63, 3.8) is 0 Å². The van der Waals surface area contributed by atoms with E-state index in [4.69, 9.17) is 0 Å². The molecule has 1 aromatic carbocycles. The normalized spacial score (nSPS) is 33.5. The molecule has 1 heteroatoms. The molecule has 0 bridgehead atoms. The number of aryl methyl sites for hydroxylation is 1. The SMILES string of the molecule is CCC1(C)C(NC)CC1c1ccccc1C. The highest BCUT2D eigenvalue weighted by atomic mass is 14.9. The van der Waals surface area contributed by atoms with E-state index in [1.807, 2.05) is 0 Å². The molecule has 16 heavy (non-hydrogen) atoms. The second-order valence-electron chi connectivity index (χ2n) is 5.35. The van der Waals surface area contributed by atoms with Crippen molar-refractivity contribution in [2.75, 3.05) is 7.05 Å². The van der Waals surface area contributed by atoms with Crippen LogP contribution in [-0.2, 0) is 0 Å². The second kappa shape index (κ2) is 4.21. The number of hydrogen-bond donors (Lipinski definition) is 1. The molecule has 88 valence electrons. The minimum Gasteiger partial charge on any atom is -0.316 e. The maximum Gasteiger partial charge on any atom is 0.0130 e. The number of benzene rings is 1. The van der Waals surface area contributed by atoms with E-state index in [9.17, 15) is 0 Å². The van der Waals surface area contributed by atoms with Gasteiger partial charge in [-0.1, -0.05) is 38.1 Å². The Morgan fingerprint density at radius 2 is 2.06 bits per heavy atom. The van der Waals surface area contributed by atoms with Gasteiger partial charge in [0.2, 0.25) is 0 Å². The van der Waals surface area contributed by atoms with Crippen molar-refractivity contribution in [2.24, 2.45) is 5.41 Å². The van der Waals surface area contributed by atoms with Gasteiger partial charge in [0, 0.05) is 6.04 Å². The van der Waals surface area contributed by atoms with Crippen molar-refractivity contribution in [1.29, 1.82) is 0 Å². The van der Waals surface area contributed by atoms with Crippen molar-refractivity contribution >= 4 is 0 Å². The Labute approximate surface area is 99.3 Å². The summed E-state index contributed by atoms with van der Waals surface area (Å²) in [5, 5.41) is 3.46. The summed E-state index contributed by atoms with van der Waals surface area (Å²) in [6.07, 6.45) is 2.53.